The van der Waals surface area contributed by atoms with E-state index in [4.69, 9.17) is 21.1 Å². The first kappa shape index (κ1) is 18.7. The van der Waals surface area contributed by atoms with Gasteiger partial charge in [-0.2, -0.15) is 5.10 Å². The van der Waals surface area contributed by atoms with Crippen molar-refractivity contribution in [2.24, 2.45) is 0 Å². The average Bonchev–Trinajstić information content (AvgIpc) is 3.20. The van der Waals surface area contributed by atoms with Gasteiger partial charge >= 0.3 is 0 Å². The Hall–Kier alpha value is -3.06. The zero-order valence-electron chi connectivity index (χ0n) is 15.0. The molecule has 0 aliphatic carbocycles. The number of aromatic nitrogens is 3. The predicted octanol–water partition coefficient (Wildman–Crippen LogP) is 3.51. The van der Waals surface area contributed by atoms with E-state index >= 15 is 0 Å². The Balaban J connectivity index is 1.69. The number of carbonyl (C=O) groups excluding carboxylic acids is 1. The summed E-state index contributed by atoms with van der Waals surface area (Å²) >= 11 is 6.07. The number of hydrogen-bond donors (Lipinski definition) is 1. The second-order valence-electron chi connectivity index (χ2n) is 5.74. The van der Waals surface area contributed by atoms with Crippen LogP contribution in [0, 0.1) is 0 Å². The number of rotatable bonds is 7. The summed E-state index contributed by atoms with van der Waals surface area (Å²) in [6.45, 7) is 0. The van der Waals surface area contributed by atoms with Crippen molar-refractivity contribution in [3.8, 4) is 17.2 Å². The van der Waals surface area contributed by atoms with Crippen LogP contribution in [0.4, 0.5) is 5.69 Å². The van der Waals surface area contributed by atoms with E-state index in [2.05, 4.69) is 15.4 Å². The van der Waals surface area contributed by atoms with Gasteiger partial charge in [0, 0.05) is 11.4 Å². The Morgan fingerprint density at radius 2 is 1.96 bits per heavy atom. The first-order valence-corrected chi connectivity index (χ1v) is 8.64. The molecule has 0 aliphatic heterocycles. The van der Waals surface area contributed by atoms with Gasteiger partial charge in [0.1, 0.15) is 12.7 Å². The average molecular weight is 387 g/mol. The molecular formula is C19H19ClN4O3. The molecule has 1 aromatic heterocycles. The van der Waals surface area contributed by atoms with Crippen molar-refractivity contribution in [1.29, 1.82) is 0 Å². The molecule has 3 aromatic rings. The molecule has 27 heavy (non-hydrogen) atoms. The van der Waals surface area contributed by atoms with Gasteiger partial charge in [0.05, 0.1) is 25.6 Å². The molecule has 0 unspecified atom stereocenters. The summed E-state index contributed by atoms with van der Waals surface area (Å²) in [6, 6.07) is 10.8. The molecular weight excluding hydrogens is 368 g/mol. The van der Waals surface area contributed by atoms with E-state index in [-0.39, 0.29) is 5.91 Å². The molecule has 0 saturated heterocycles. The lowest BCUT2D eigenvalue weighted by Crippen LogP contribution is -2.14. The third-order valence-electron chi connectivity index (χ3n) is 3.99. The summed E-state index contributed by atoms with van der Waals surface area (Å²) in [6.07, 6.45) is 3.85. The SMILES string of the molecule is COc1ccc(CCC(=O)Nc2cc(Cl)ccc2-n2cncn2)cc1OC. The van der Waals surface area contributed by atoms with Crippen molar-refractivity contribution in [3.05, 3.63) is 59.6 Å². The highest BCUT2D eigenvalue weighted by Gasteiger charge is 2.11. The fourth-order valence-electron chi connectivity index (χ4n) is 2.65. The number of amides is 1. The van der Waals surface area contributed by atoms with Gasteiger partial charge in [-0.05, 0) is 42.3 Å². The van der Waals surface area contributed by atoms with E-state index in [0.29, 0.717) is 40.7 Å². The lowest BCUT2D eigenvalue weighted by atomic mass is 10.1. The van der Waals surface area contributed by atoms with Crippen LogP contribution in [-0.2, 0) is 11.2 Å². The number of halogens is 1. The third kappa shape index (κ3) is 4.57. The molecule has 1 amide bonds. The molecule has 2 aromatic carbocycles. The minimum Gasteiger partial charge on any atom is -0.493 e. The summed E-state index contributed by atoms with van der Waals surface area (Å²) in [5, 5.41) is 7.51. The van der Waals surface area contributed by atoms with E-state index in [1.54, 1.807) is 43.4 Å². The molecule has 8 heteroatoms. The van der Waals surface area contributed by atoms with Gasteiger partial charge in [-0.3, -0.25) is 4.79 Å². The lowest BCUT2D eigenvalue weighted by Gasteiger charge is -2.12. The van der Waals surface area contributed by atoms with E-state index < -0.39 is 0 Å². The van der Waals surface area contributed by atoms with Gasteiger partial charge in [0.2, 0.25) is 5.91 Å². The van der Waals surface area contributed by atoms with Crippen molar-refractivity contribution in [2.75, 3.05) is 19.5 Å². The summed E-state index contributed by atoms with van der Waals surface area (Å²) in [4.78, 5) is 16.4. The Bertz CT molecular complexity index is 929. The minimum absolute atomic E-state index is 0.131. The Labute approximate surface area is 161 Å². The molecule has 1 N–H and O–H groups in total. The van der Waals surface area contributed by atoms with Crippen LogP contribution in [0.1, 0.15) is 12.0 Å². The highest BCUT2D eigenvalue weighted by Crippen LogP contribution is 2.28. The first-order valence-electron chi connectivity index (χ1n) is 8.26. The van der Waals surface area contributed by atoms with E-state index in [9.17, 15) is 4.79 Å². The lowest BCUT2D eigenvalue weighted by molar-refractivity contribution is -0.116. The zero-order chi connectivity index (χ0) is 19.2. The number of anilines is 1. The summed E-state index contributed by atoms with van der Waals surface area (Å²) in [7, 11) is 3.17. The van der Waals surface area contributed by atoms with Crippen molar-refractivity contribution in [1.82, 2.24) is 14.8 Å². The van der Waals surface area contributed by atoms with Crippen LogP contribution in [0.3, 0.4) is 0 Å². The number of carbonyl (C=O) groups is 1. The fraction of sp³-hybridized carbons (Fsp3) is 0.211. The highest BCUT2D eigenvalue weighted by atomic mass is 35.5. The topological polar surface area (TPSA) is 78.3 Å². The van der Waals surface area contributed by atoms with Gasteiger partial charge in [0.25, 0.3) is 0 Å². The molecule has 0 atom stereocenters. The molecule has 0 saturated carbocycles. The molecule has 0 fully saturated rings. The second kappa shape index (κ2) is 8.55. The smallest absolute Gasteiger partial charge is 0.224 e. The maximum Gasteiger partial charge on any atom is 0.224 e. The standard InChI is InChI=1S/C19H19ClN4O3/c1-26-17-7-3-13(9-18(17)27-2)4-8-19(25)23-15-10-14(20)5-6-16(15)24-12-21-11-22-24/h3,5-7,9-12H,4,8H2,1-2H3,(H,23,25). The third-order valence-corrected chi connectivity index (χ3v) is 4.22. The van der Waals surface area contributed by atoms with E-state index in [1.807, 2.05) is 18.2 Å². The van der Waals surface area contributed by atoms with Crippen molar-refractivity contribution >= 4 is 23.2 Å². The van der Waals surface area contributed by atoms with Gasteiger partial charge in [-0.25, -0.2) is 9.67 Å². The van der Waals surface area contributed by atoms with Gasteiger partial charge in [0.15, 0.2) is 11.5 Å². The number of methoxy groups -OCH3 is 2. The van der Waals surface area contributed by atoms with Crippen molar-refractivity contribution in [2.45, 2.75) is 12.8 Å². The number of aryl methyl sites for hydroxylation is 1. The number of benzene rings is 2. The molecule has 3 rings (SSSR count). The maximum atomic E-state index is 12.4. The Morgan fingerprint density at radius 1 is 1.15 bits per heavy atom. The number of nitrogens with one attached hydrogen (secondary N) is 1. The molecule has 7 nitrogen and oxygen atoms in total. The Kier molecular flexibility index (Phi) is 5.93. The highest BCUT2D eigenvalue weighted by molar-refractivity contribution is 6.31. The largest absolute Gasteiger partial charge is 0.493 e. The summed E-state index contributed by atoms with van der Waals surface area (Å²) in [5.41, 5.74) is 2.24. The van der Waals surface area contributed by atoms with Gasteiger partial charge in [-0.1, -0.05) is 17.7 Å². The first-order chi connectivity index (χ1) is 13.1. The Morgan fingerprint density at radius 3 is 2.67 bits per heavy atom. The maximum absolute atomic E-state index is 12.4. The van der Waals surface area contributed by atoms with Crippen LogP contribution >= 0.6 is 11.6 Å². The molecule has 0 bridgehead atoms. The zero-order valence-corrected chi connectivity index (χ0v) is 15.7. The second-order valence-corrected chi connectivity index (χ2v) is 6.18. The predicted molar refractivity (Wildman–Crippen MR) is 103 cm³/mol. The molecule has 0 radical (unpaired) electrons. The number of nitrogens with zero attached hydrogens (tertiary/aromatic N) is 3. The quantitative estimate of drug-likeness (QED) is 0.672. The monoisotopic (exact) mass is 386 g/mol. The minimum atomic E-state index is -0.131. The summed E-state index contributed by atoms with van der Waals surface area (Å²) < 4.78 is 12.1. The molecule has 140 valence electrons. The van der Waals surface area contributed by atoms with Crippen LogP contribution in [0.2, 0.25) is 5.02 Å². The number of ether oxygens (including phenoxy) is 2. The van der Waals surface area contributed by atoms with E-state index in [1.165, 1.54) is 6.33 Å². The van der Waals surface area contributed by atoms with Crippen molar-refractivity contribution in [3.63, 3.8) is 0 Å². The summed E-state index contributed by atoms with van der Waals surface area (Å²) in [5.74, 6) is 1.16. The van der Waals surface area contributed by atoms with Crippen LogP contribution in [0.5, 0.6) is 11.5 Å². The van der Waals surface area contributed by atoms with Crippen LogP contribution < -0.4 is 14.8 Å². The number of hydrogen-bond acceptors (Lipinski definition) is 5. The van der Waals surface area contributed by atoms with Crippen LogP contribution in [-0.4, -0.2) is 34.9 Å². The van der Waals surface area contributed by atoms with Crippen molar-refractivity contribution < 1.29 is 14.3 Å². The van der Waals surface area contributed by atoms with Crippen LogP contribution in [0.25, 0.3) is 5.69 Å². The molecule has 0 aliphatic rings. The van der Waals surface area contributed by atoms with Crippen LogP contribution in [0.15, 0.2) is 49.1 Å². The van der Waals surface area contributed by atoms with Gasteiger partial charge < -0.3 is 14.8 Å². The van der Waals surface area contributed by atoms with Gasteiger partial charge in [-0.15, -0.1) is 0 Å². The molecule has 1 heterocycles. The molecule has 0 spiro atoms. The van der Waals surface area contributed by atoms with E-state index in [0.717, 1.165) is 5.56 Å². The fourth-order valence-corrected chi connectivity index (χ4v) is 2.82. The normalized spacial score (nSPS) is 10.5.